The maximum Gasteiger partial charge on any atom is 0.0614 e. The van der Waals surface area contributed by atoms with Crippen LogP contribution in [0.2, 0.25) is 0 Å². The van der Waals surface area contributed by atoms with Crippen LogP contribution in [0.4, 0.5) is 5.69 Å². The van der Waals surface area contributed by atoms with Crippen LogP contribution >= 0.6 is 0 Å². The zero-order valence-electron chi connectivity index (χ0n) is 16.2. The number of aromatic nitrogens is 1. The van der Waals surface area contributed by atoms with Crippen LogP contribution in [0.15, 0.2) is 79.1 Å². The van der Waals surface area contributed by atoms with E-state index < -0.39 is 0 Å². The highest BCUT2D eigenvalue weighted by molar-refractivity contribution is 5.49. The van der Waals surface area contributed by atoms with E-state index in [1.54, 1.807) is 6.20 Å². The minimum Gasteiger partial charge on any atom is -0.398 e. The summed E-state index contributed by atoms with van der Waals surface area (Å²) >= 11 is 0. The van der Waals surface area contributed by atoms with Crippen LogP contribution in [0.1, 0.15) is 35.6 Å². The molecule has 1 aliphatic rings. The van der Waals surface area contributed by atoms with Gasteiger partial charge in [-0.05, 0) is 43.1 Å². The van der Waals surface area contributed by atoms with E-state index in [2.05, 4.69) is 75.9 Å². The molecule has 144 valence electrons. The highest BCUT2D eigenvalue weighted by Gasteiger charge is 2.24. The number of nitrogen functional groups attached to an aromatic ring is 1. The number of benzene rings is 2. The standard InChI is InChI=1S/C24H28N4/c25-23-11-14-26-17-22(23)24(20-9-5-2-6-10-20)27-21-12-15-28(16-13-21)18-19-7-3-1-4-8-19/h1-11,14,17,21,24,27H,12-13,15-16,18H2,(H2,25,26). The molecule has 4 nitrogen and oxygen atoms in total. The highest BCUT2D eigenvalue weighted by atomic mass is 15.1. The van der Waals surface area contributed by atoms with Crippen molar-refractivity contribution in [1.82, 2.24) is 15.2 Å². The Balaban J connectivity index is 1.43. The van der Waals surface area contributed by atoms with E-state index in [0.29, 0.717) is 6.04 Å². The van der Waals surface area contributed by atoms with E-state index in [0.717, 1.165) is 43.7 Å². The number of nitrogens with zero attached hydrogens (tertiary/aromatic N) is 2. The number of hydrogen-bond donors (Lipinski definition) is 2. The fraction of sp³-hybridized carbons (Fsp3) is 0.292. The lowest BCUT2D eigenvalue weighted by atomic mass is 9.95. The zero-order valence-corrected chi connectivity index (χ0v) is 16.2. The Bertz CT molecular complexity index is 858. The second-order valence-electron chi connectivity index (χ2n) is 7.55. The molecule has 1 aromatic heterocycles. The Labute approximate surface area is 167 Å². The summed E-state index contributed by atoms with van der Waals surface area (Å²) in [6, 6.07) is 23.7. The molecule has 3 aromatic rings. The molecule has 2 aromatic carbocycles. The van der Waals surface area contributed by atoms with Crippen LogP contribution in [0.5, 0.6) is 0 Å². The summed E-state index contributed by atoms with van der Waals surface area (Å²) in [5, 5.41) is 3.87. The number of anilines is 1. The molecule has 0 amide bonds. The predicted molar refractivity (Wildman–Crippen MR) is 115 cm³/mol. The monoisotopic (exact) mass is 372 g/mol. The summed E-state index contributed by atoms with van der Waals surface area (Å²) in [5.41, 5.74) is 10.7. The third-order valence-corrected chi connectivity index (χ3v) is 5.57. The highest BCUT2D eigenvalue weighted by Crippen LogP contribution is 2.28. The lowest BCUT2D eigenvalue weighted by molar-refractivity contribution is 0.187. The molecule has 0 bridgehead atoms. The zero-order chi connectivity index (χ0) is 19.2. The smallest absolute Gasteiger partial charge is 0.0614 e. The van der Waals surface area contributed by atoms with Crippen LogP contribution in [0.25, 0.3) is 0 Å². The maximum atomic E-state index is 6.28. The number of piperidine rings is 1. The van der Waals surface area contributed by atoms with Crippen LogP contribution in [0.3, 0.4) is 0 Å². The van der Waals surface area contributed by atoms with E-state index in [9.17, 15) is 0 Å². The number of nitrogens with two attached hydrogens (primary N) is 1. The van der Waals surface area contributed by atoms with Gasteiger partial charge < -0.3 is 11.1 Å². The van der Waals surface area contributed by atoms with Crippen molar-refractivity contribution in [2.24, 2.45) is 0 Å². The molecule has 3 N–H and O–H groups in total. The lowest BCUT2D eigenvalue weighted by Crippen LogP contribution is -2.43. The van der Waals surface area contributed by atoms with Gasteiger partial charge in [0.05, 0.1) is 6.04 Å². The molecule has 0 spiro atoms. The van der Waals surface area contributed by atoms with Crippen molar-refractivity contribution in [1.29, 1.82) is 0 Å². The molecule has 4 heteroatoms. The van der Waals surface area contributed by atoms with Crippen molar-refractivity contribution in [3.05, 3.63) is 95.8 Å². The van der Waals surface area contributed by atoms with E-state index in [1.165, 1.54) is 11.1 Å². The number of rotatable bonds is 6. The number of nitrogens with one attached hydrogen (secondary N) is 1. The third kappa shape index (κ3) is 4.58. The van der Waals surface area contributed by atoms with Gasteiger partial charge in [0.25, 0.3) is 0 Å². The largest absolute Gasteiger partial charge is 0.398 e. The van der Waals surface area contributed by atoms with Crippen LogP contribution < -0.4 is 11.1 Å². The molecule has 0 aliphatic carbocycles. The summed E-state index contributed by atoms with van der Waals surface area (Å²) in [7, 11) is 0. The molecule has 1 aliphatic heterocycles. The Kier molecular flexibility index (Phi) is 6.00. The van der Waals surface area contributed by atoms with E-state index in [4.69, 9.17) is 5.73 Å². The van der Waals surface area contributed by atoms with Crippen molar-refractivity contribution in [2.45, 2.75) is 31.5 Å². The lowest BCUT2D eigenvalue weighted by Gasteiger charge is -2.35. The molecule has 2 heterocycles. The van der Waals surface area contributed by atoms with Gasteiger partial charge in [-0.25, -0.2) is 0 Å². The van der Waals surface area contributed by atoms with Gasteiger partial charge in [-0.15, -0.1) is 0 Å². The molecule has 1 atom stereocenters. The third-order valence-electron chi connectivity index (χ3n) is 5.57. The van der Waals surface area contributed by atoms with E-state index in [-0.39, 0.29) is 6.04 Å². The summed E-state index contributed by atoms with van der Waals surface area (Å²) in [6.07, 6.45) is 5.92. The molecule has 0 radical (unpaired) electrons. The van der Waals surface area contributed by atoms with Gasteiger partial charge in [-0.3, -0.25) is 9.88 Å². The van der Waals surface area contributed by atoms with Crippen molar-refractivity contribution in [3.63, 3.8) is 0 Å². The summed E-state index contributed by atoms with van der Waals surface area (Å²) in [6.45, 7) is 3.25. The Morgan fingerprint density at radius 1 is 0.964 bits per heavy atom. The van der Waals surface area contributed by atoms with E-state index >= 15 is 0 Å². The minimum atomic E-state index is 0.0700. The Hall–Kier alpha value is -2.69. The second kappa shape index (κ2) is 9.00. The SMILES string of the molecule is Nc1ccncc1C(NC1CCN(Cc2ccccc2)CC1)c1ccccc1. The fourth-order valence-corrected chi connectivity index (χ4v) is 4.00. The normalized spacial score (nSPS) is 16.7. The average molecular weight is 373 g/mol. The van der Waals surface area contributed by atoms with Crippen molar-refractivity contribution >= 4 is 5.69 Å². The molecule has 0 saturated carbocycles. The van der Waals surface area contributed by atoms with Crippen LogP contribution in [-0.2, 0) is 6.54 Å². The fourth-order valence-electron chi connectivity index (χ4n) is 4.00. The van der Waals surface area contributed by atoms with Crippen LogP contribution in [-0.4, -0.2) is 29.0 Å². The molecular formula is C24H28N4. The van der Waals surface area contributed by atoms with Crippen molar-refractivity contribution in [3.8, 4) is 0 Å². The topological polar surface area (TPSA) is 54.2 Å². The Morgan fingerprint density at radius 3 is 2.32 bits per heavy atom. The number of pyridine rings is 1. The minimum absolute atomic E-state index is 0.0700. The number of hydrogen-bond acceptors (Lipinski definition) is 4. The molecular weight excluding hydrogens is 344 g/mol. The molecule has 28 heavy (non-hydrogen) atoms. The van der Waals surface area contributed by atoms with Gasteiger partial charge in [-0.2, -0.15) is 0 Å². The molecule has 4 rings (SSSR count). The first kappa shape index (κ1) is 18.7. The maximum absolute atomic E-state index is 6.28. The molecule has 1 saturated heterocycles. The first-order valence-electron chi connectivity index (χ1n) is 10.1. The predicted octanol–water partition coefficient (Wildman–Crippen LogP) is 4.01. The first-order valence-corrected chi connectivity index (χ1v) is 10.1. The van der Waals surface area contributed by atoms with Gasteiger partial charge in [0.2, 0.25) is 0 Å². The Morgan fingerprint density at radius 2 is 1.64 bits per heavy atom. The first-order chi connectivity index (χ1) is 13.8. The second-order valence-corrected chi connectivity index (χ2v) is 7.55. The summed E-state index contributed by atoms with van der Waals surface area (Å²) < 4.78 is 0. The molecule has 1 unspecified atom stereocenters. The quantitative estimate of drug-likeness (QED) is 0.686. The van der Waals surface area contributed by atoms with Gasteiger partial charge in [0.15, 0.2) is 0 Å². The van der Waals surface area contributed by atoms with E-state index in [1.807, 2.05) is 12.3 Å². The van der Waals surface area contributed by atoms with Crippen molar-refractivity contribution in [2.75, 3.05) is 18.8 Å². The van der Waals surface area contributed by atoms with Gasteiger partial charge in [0, 0.05) is 36.2 Å². The van der Waals surface area contributed by atoms with Gasteiger partial charge >= 0.3 is 0 Å². The summed E-state index contributed by atoms with van der Waals surface area (Å²) in [5.74, 6) is 0. The molecule has 1 fully saturated rings. The van der Waals surface area contributed by atoms with Crippen molar-refractivity contribution < 1.29 is 0 Å². The number of likely N-dealkylation sites (tertiary alicyclic amines) is 1. The van der Waals surface area contributed by atoms with Crippen LogP contribution in [0, 0.1) is 0 Å². The average Bonchev–Trinajstić information content (AvgIpc) is 2.75. The summed E-state index contributed by atoms with van der Waals surface area (Å²) in [4.78, 5) is 6.86. The van der Waals surface area contributed by atoms with Gasteiger partial charge in [-0.1, -0.05) is 60.7 Å². The van der Waals surface area contributed by atoms with Gasteiger partial charge in [0.1, 0.15) is 0 Å².